The molecule has 2 aromatic carbocycles. The normalized spacial score (nSPS) is 24.9. The summed E-state index contributed by atoms with van der Waals surface area (Å²) in [5.41, 5.74) is 1.00. The second-order valence-corrected chi connectivity index (χ2v) is 4.63. The van der Waals surface area contributed by atoms with Crippen LogP contribution < -0.4 is 4.74 Å². The number of ketones is 1. The molecule has 0 fully saturated rings. The number of benzene rings is 2. The summed E-state index contributed by atoms with van der Waals surface area (Å²) in [6.45, 7) is 0. The van der Waals surface area contributed by atoms with Crippen LogP contribution >= 0.6 is 0 Å². The predicted molar refractivity (Wildman–Crippen MR) is 72.5 cm³/mol. The van der Waals surface area contributed by atoms with Crippen molar-refractivity contribution in [3.63, 3.8) is 0 Å². The van der Waals surface area contributed by atoms with Crippen molar-refractivity contribution in [1.82, 2.24) is 0 Å². The Morgan fingerprint density at radius 3 is 2.45 bits per heavy atom. The SMILES string of the molecule is CO[C@@]1(O)C(=O)c2ccccc2O[C@H]1c1ccccc1. The van der Waals surface area contributed by atoms with E-state index in [4.69, 9.17) is 9.47 Å². The van der Waals surface area contributed by atoms with E-state index in [1.165, 1.54) is 7.11 Å². The van der Waals surface area contributed by atoms with Gasteiger partial charge in [0, 0.05) is 7.11 Å². The van der Waals surface area contributed by atoms with Gasteiger partial charge in [-0.25, -0.2) is 0 Å². The van der Waals surface area contributed by atoms with Crippen molar-refractivity contribution in [2.75, 3.05) is 7.11 Å². The highest BCUT2D eigenvalue weighted by atomic mass is 16.7. The summed E-state index contributed by atoms with van der Waals surface area (Å²) in [7, 11) is 1.30. The second kappa shape index (κ2) is 4.74. The van der Waals surface area contributed by atoms with Crippen LogP contribution in [0.25, 0.3) is 0 Å². The molecule has 3 rings (SSSR count). The van der Waals surface area contributed by atoms with Gasteiger partial charge in [0.1, 0.15) is 5.75 Å². The molecule has 0 amide bonds. The van der Waals surface area contributed by atoms with Crippen molar-refractivity contribution in [2.45, 2.75) is 11.9 Å². The van der Waals surface area contributed by atoms with Crippen LogP contribution in [0.3, 0.4) is 0 Å². The summed E-state index contributed by atoms with van der Waals surface area (Å²) in [4.78, 5) is 12.5. The fourth-order valence-corrected chi connectivity index (χ4v) is 2.40. The first-order chi connectivity index (χ1) is 9.66. The molecular formula is C16H14O4. The van der Waals surface area contributed by atoms with Gasteiger partial charge in [0.2, 0.25) is 5.78 Å². The van der Waals surface area contributed by atoms with Crippen molar-refractivity contribution < 1.29 is 19.4 Å². The van der Waals surface area contributed by atoms with Gasteiger partial charge in [-0.2, -0.15) is 0 Å². The van der Waals surface area contributed by atoms with E-state index in [1.54, 1.807) is 36.4 Å². The fourth-order valence-electron chi connectivity index (χ4n) is 2.40. The lowest BCUT2D eigenvalue weighted by atomic mass is 9.90. The van der Waals surface area contributed by atoms with Crippen LogP contribution in [0, 0.1) is 0 Å². The molecule has 20 heavy (non-hydrogen) atoms. The Labute approximate surface area is 116 Å². The maximum Gasteiger partial charge on any atom is 0.273 e. The Bertz CT molecular complexity index is 638. The molecule has 0 bridgehead atoms. The van der Waals surface area contributed by atoms with Gasteiger partial charge in [0.15, 0.2) is 6.10 Å². The number of aliphatic hydroxyl groups is 1. The zero-order chi connectivity index (χ0) is 14.2. The highest BCUT2D eigenvalue weighted by Crippen LogP contribution is 2.41. The molecular weight excluding hydrogens is 256 g/mol. The average molecular weight is 270 g/mol. The second-order valence-electron chi connectivity index (χ2n) is 4.63. The number of hydrogen-bond donors (Lipinski definition) is 1. The van der Waals surface area contributed by atoms with Gasteiger partial charge >= 0.3 is 0 Å². The minimum Gasteiger partial charge on any atom is -0.479 e. The molecule has 0 aliphatic carbocycles. The molecule has 0 unspecified atom stereocenters. The van der Waals surface area contributed by atoms with Gasteiger partial charge in [0.25, 0.3) is 5.79 Å². The number of para-hydroxylation sites is 1. The zero-order valence-corrected chi connectivity index (χ0v) is 10.9. The quantitative estimate of drug-likeness (QED) is 0.851. The molecule has 0 radical (unpaired) electrons. The highest BCUT2D eigenvalue weighted by Gasteiger charge is 2.51. The smallest absolute Gasteiger partial charge is 0.273 e. The van der Waals surface area contributed by atoms with E-state index in [-0.39, 0.29) is 0 Å². The average Bonchev–Trinajstić information content (AvgIpc) is 2.52. The Morgan fingerprint density at radius 1 is 1.10 bits per heavy atom. The third-order valence-corrected chi connectivity index (χ3v) is 3.47. The Balaban J connectivity index is 2.14. The van der Waals surface area contributed by atoms with Crippen molar-refractivity contribution in [2.24, 2.45) is 0 Å². The first-order valence-electron chi connectivity index (χ1n) is 6.30. The Kier molecular flexibility index (Phi) is 3.04. The fraction of sp³-hybridized carbons (Fsp3) is 0.188. The van der Waals surface area contributed by atoms with Crippen LogP contribution in [-0.2, 0) is 4.74 Å². The van der Waals surface area contributed by atoms with Crippen LogP contribution in [-0.4, -0.2) is 23.8 Å². The number of methoxy groups -OCH3 is 1. The molecule has 1 heterocycles. The van der Waals surface area contributed by atoms with Gasteiger partial charge in [-0.15, -0.1) is 0 Å². The number of rotatable bonds is 2. The summed E-state index contributed by atoms with van der Waals surface area (Å²) in [6, 6.07) is 15.9. The van der Waals surface area contributed by atoms with Gasteiger partial charge in [-0.05, 0) is 17.7 Å². The Hall–Kier alpha value is -2.17. The molecule has 0 spiro atoms. The number of fused-ring (bicyclic) bond motifs is 1. The minimum atomic E-state index is -2.02. The van der Waals surface area contributed by atoms with Crippen LogP contribution in [0.4, 0.5) is 0 Å². The van der Waals surface area contributed by atoms with E-state index in [0.717, 1.165) is 0 Å². The summed E-state index contributed by atoms with van der Waals surface area (Å²) >= 11 is 0. The van der Waals surface area contributed by atoms with Gasteiger partial charge in [0.05, 0.1) is 5.56 Å². The molecule has 0 saturated heterocycles. The molecule has 4 nitrogen and oxygen atoms in total. The largest absolute Gasteiger partial charge is 0.479 e. The molecule has 4 heteroatoms. The number of carbonyl (C=O) groups excluding carboxylic acids is 1. The van der Waals surface area contributed by atoms with Gasteiger partial charge < -0.3 is 14.6 Å². The highest BCUT2D eigenvalue weighted by molar-refractivity contribution is 6.05. The topological polar surface area (TPSA) is 55.8 Å². The lowest BCUT2D eigenvalue weighted by molar-refractivity contribution is -0.205. The summed E-state index contributed by atoms with van der Waals surface area (Å²) < 4.78 is 10.9. The summed E-state index contributed by atoms with van der Waals surface area (Å²) in [6.07, 6.45) is -0.892. The Morgan fingerprint density at radius 2 is 1.75 bits per heavy atom. The van der Waals surface area contributed by atoms with Gasteiger partial charge in [-0.1, -0.05) is 42.5 Å². The van der Waals surface area contributed by atoms with Gasteiger partial charge in [-0.3, -0.25) is 4.79 Å². The summed E-state index contributed by atoms with van der Waals surface area (Å²) in [5.74, 6) is -2.06. The standard InChI is InChI=1S/C16H14O4/c1-19-16(18)14(17)12-9-5-6-10-13(12)20-15(16)11-7-3-2-4-8-11/h2-10,15,18H,1H3/t15-,16-/m0/s1. The van der Waals surface area contributed by atoms with E-state index in [2.05, 4.69) is 0 Å². The molecule has 0 aromatic heterocycles. The molecule has 2 atom stereocenters. The predicted octanol–water partition coefficient (Wildman–Crippen LogP) is 2.34. The number of Topliss-reactive ketones (excluding diaryl/α,β-unsaturated/α-hetero) is 1. The van der Waals surface area contributed by atoms with Crippen molar-refractivity contribution in [3.05, 3.63) is 65.7 Å². The number of carbonyl (C=O) groups is 1. The van der Waals surface area contributed by atoms with E-state index in [9.17, 15) is 9.90 Å². The minimum absolute atomic E-state index is 0.323. The first-order valence-corrected chi connectivity index (χ1v) is 6.30. The van der Waals surface area contributed by atoms with Crippen LogP contribution in [0.15, 0.2) is 54.6 Å². The van der Waals surface area contributed by atoms with E-state index in [0.29, 0.717) is 16.9 Å². The maximum absolute atomic E-state index is 12.5. The monoisotopic (exact) mass is 270 g/mol. The maximum atomic E-state index is 12.5. The summed E-state index contributed by atoms with van der Waals surface area (Å²) in [5, 5.41) is 10.6. The van der Waals surface area contributed by atoms with E-state index >= 15 is 0 Å². The molecule has 1 aliphatic rings. The van der Waals surface area contributed by atoms with Crippen molar-refractivity contribution in [3.8, 4) is 5.75 Å². The number of hydrogen-bond acceptors (Lipinski definition) is 4. The molecule has 1 N–H and O–H groups in total. The molecule has 1 aliphatic heterocycles. The zero-order valence-electron chi connectivity index (χ0n) is 10.9. The third kappa shape index (κ3) is 1.81. The lowest BCUT2D eigenvalue weighted by Gasteiger charge is -2.38. The third-order valence-electron chi connectivity index (χ3n) is 3.47. The van der Waals surface area contributed by atoms with E-state index < -0.39 is 17.7 Å². The molecule has 102 valence electrons. The molecule has 0 saturated carbocycles. The molecule has 2 aromatic rings. The first kappa shape index (κ1) is 12.8. The van der Waals surface area contributed by atoms with E-state index in [1.807, 2.05) is 18.2 Å². The van der Waals surface area contributed by atoms with Crippen LogP contribution in [0.5, 0.6) is 5.75 Å². The van der Waals surface area contributed by atoms with Crippen molar-refractivity contribution in [1.29, 1.82) is 0 Å². The van der Waals surface area contributed by atoms with Crippen LogP contribution in [0.1, 0.15) is 22.0 Å². The lowest BCUT2D eigenvalue weighted by Crippen LogP contribution is -2.51. The van der Waals surface area contributed by atoms with Crippen LogP contribution in [0.2, 0.25) is 0 Å². The number of ether oxygens (including phenoxy) is 2. The van der Waals surface area contributed by atoms with Crippen molar-refractivity contribution >= 4 is 5.78 Å².